The Kier molecular flexibility index (Phi) is 11.0. The molecule has 0 unspecified atom stereocenters. The summed E-state index contributed by atoms with van der Waals surface area (Å²) in [5, 5.41) is 0. The smallest absolute Gasteiger partial charge is 0.338 e. The quantitative estimate of drug-likeness (QED) is 0.293. The van der Waals surface area contributed by atoms with Gasteiger partial charge in [-0.25, -0.2) is 9.59 Å². The van der Waals surface area contributed by atoms with Crippen molar-refractivity contribution in [3.05, 3.63) is 35.9 Å². The molecule has 0 amide bonds. The fourth-order valence-corrected chi connectivity index (χ4v) is 4.07. The topological polar surface area (TPSA) is 71.1 Å². The number of carbonyl (C=O) groups excluding carboxylic acids is 2. The van der Waals surface area contributed by atoms with Crippen molar-refractivity contribution >= 4 is 11.9 Å². The molecule has 1 fully saturated rings. The Bertz CT molecular complexity index is 635. The van der Waals surface area contributed by atoms with E-state index in [4.69, 9.17) is 18.9 Å². The number of unbranched alkanes of at least 4 members (excludes halogenated alkanes) is 9. The van der Waals surface area contributed by atoms with Crippen LogP contribution in [0.3, 0.4) is 0 Å². The van der Waals surface area contributed by atoms with Gasteiger partial charge in [0, 0.05) is 12.0 Å². The molecule has 0 spiro atoms. The van der Waals surface area contributed by atoms with Gasteiger partial charge in [-0.1, -0.05) is 95.0 Å². The van der Waals surface area contributed by atoms with Crippen molar-refractivity contribution in [2.24, 2.45) is 0 Å². The molecule has 0 aromatic heterocycles. The molecule has 1 aromatic rings. The highest BCUT2D eigenvalue weighted by Crippen LogP contribution is 2.42. The van der Waals surface area contributed by atoms with Gasteiger partial charge in [0.1, 0.15) is 0 Å². The van der Waals surface area contributed by atoms with Crippen molar-refractivity contribution in [1.29, 1.82) is 0 Å². The second-order valence-electron chi connectivity index (χ2n) is 8.17. The average molecular weight is 435 g/mol. The van der Waals surface area contributed by atoms with Crippen LogP contribution in [0.2, 0.25) is 0 Å². The van der Waals surface area contributed by atoms with E-state index in [2.05, 4.69) is 6.92 Å². The van der Waals surface area contributed by atoms with Crippen LogP contribution in [0.25, 0.3) is 0 Å². The summed E-state index contributed by atoms with van der Waals surface area (Å²) < 4.78 is 21.9. The molecule has 1 aliphatic rings. The number of ether oxygens (including phenoxy) is 4. The summed E-state index contributed by atoms with van der Waals surface area (Å²) in [5.74, 6) is -2.45. The number of hydrogen-bond acceptors (Lipinski definition) is 6. The summed E-state index contributed by atoms with van der Waals surface area (Å²) in [6.45, 7) is 2.24. The fraction of sp³-hybridized carbons (Fsp3) is 0.680. The van der Waals surface area contributed by atoms with E-state index < -0.39 is 29.9 Å². The first-order valence-corrected chi connectivity index (χ1v) is 11.6. The lowest BCUT2D eigenvalue weighted by atomic mass is 9.98. The Morgan fingerprint density at radius 1 is 0.774 bits per heavy atom. The van der Waals surface area contributed by atoms with Crippen LogP contribution in [0.4, 0.5) is 0 Å². The lowest BCUT2D eigenvalue weighted by Gasteiger charge is -2.28. The van der Waals surface area contributed by atoms with Gasteiger partial charge in [-0.15, -0.1) is 0 Å². The Morgan fingerprint density at radius 2 is 1.23 bits per heavy atom. The van der Waals surface area contributed by atoms with Gasteiger partial charge in [-0.05, 0) is 6.42 Å². The lowest BCUT2D eigenvalue weighted by molar-refractivity contribution is -0.199. The maximum absolute atomic E-state index is 12.3. The first kappa shape index (κ1) is 25.3. The zero-order valence-electron chi connectivity index (χ0n) is 19.3. The van der Waals surface area contributed by atoms with Crippen LogP contribution in [0.1, 0.15) is 83.1 Å². The number of esters is 2. The van der Waals surface area contributed by atoms with Crippen LogP contribution in [0, 0.1) is 0 Å². The van der Waals surface area contributed by atoms with Crippen molar-refractivity contribution < 1.29 is 28.5 Å². The third-order valence-corrected chi connectivity index (χ3v) is 5.85. The number of methoxy groups -OCH3 is 2. The first-order valence-electron chi connectivity index (χ1n) is 11.6. The van der Waals surface area contributed by atoms with E-state index in [0.717, 1.165) is 24.8 Å². The zero-order valence-corrected chi connectivity index (χ0v) is 19.3. The summed E-state index contributed by atoms with van der Waals surface area (Å²) in [6.07, 6.45) is 10.4. The van der Waals surface area contributed by atoms with E-state index in [1.807, 2.05) is 30.3 Å². The molecule has 0 bridgehead atoms. The van der Waals surface area contributed by atoms with Gasteiger partial charge in [0.15, 0.2) is 18.0 Å². The molecule has 174 valence electrons. The molecule has 0 aliphatic carbocycles. The standard InChI is InChI=1S/C25H38O6/c1-4-5-6-7-8-9-10-11-12-16-19-25(20-17-14-13-15-18-20)30-21(23(26)28-2)22(31-25)24(27)29-3/h13-15,17-18,21-22H,4-12,16,19H2,1-3H3/t21-,22-/m1/s1. The third-order valence-electron chi connectivity index (χ3n) is 5.85. The molecule has 0 radical (unpaired) electrons. The number of benzene rings is 1. The highest BCUT2D eigenvalue weighted by molar-refractivity contribution is 5.86. The number of rotatable bonds is 14. The van der Waals surface area contributed by atoms with Gasteiger partial charge in [-0.3, -0.25) is 0 Å². The van der Waals surface area contributed by atoms with E-state index in [0.29, 0.717) is 6.42 Å². The van der Waals surface area contributed by atoms with Crippen LogP contribution in [-0.4, -0.2) is 38.4 Å². The summed E-state index contributed by atoms with van der Waals surface area (Å²) in [5.41, 5.74) is 0.784. The molecule has 1 aliphatic heterocycles. The van der Waals surface area contributed by atoms with Crippen LogP contribution in [0.5, 0.6) is 0 Å². The van der Waals surface area contributed by atoms with Gasteiger partial charge < -0.3 is 18.9 Å². The van der Waals surface area contributed by atoms with E-state index in [1.54, 1.807) is 0 Å². The third kappa shape index (κ3) is 7.32. The number of carbonyl (C=O) groups is 2. The van der Waals surface area contributed by atoms with Crippen LogP contribution in [-0.2, 0) is 34.3 Å². The van der Waals surface area contributed by atoms with Crippen LogP contribution >= 0.6 is 0 Å². The molecule has 2 atom stereocenters. The largest absolute Gasteiger partial charge is 0.467 e. The Labute approximate surface area is 186 Å². The van der Waals surface area contributed by atoms with Crippen LogP contribution < -0.4 is 0 Å². The van der Waals surface area contributed by atoms with E-state index in [9.17, 15) is 9.59 Å². The first-order chi connectivity index (χ1) is 15.1. The minimum Gasteiger partial charge on any atom is -0.467 e. The Hall–Kier alpha value is -1.92. The van der Waals surface area contributed by atoms with Crippen molar-refractivity contribution in [1.82, 2.24) is 0 Å². The van der Waals surface area contributed by atoms with Crippen molar-refractivity contribution in [3.63, 3.8) is 0 Å². The number of hydrogen-bond donors (Lipinski definition) is 0. The molecule has 0 N–H and O–H groups in total. The van der Waals surface area contributed by atoms with E-state index in [-0.39, 0.29) is 0 Å². The molecule has 6 heteroatoms. The highest BCUT2D eigenvalue weighted by Gasteiger charge is 2.55. The van der Waals surface area contributed by atoms with Gasteiger partial charge in [0.05, 0.1) is 14.2 Å². The van der Waals surface area contributed by atoms with Crippen LogP contribution in [0.15, 0.2) is 30.3 Å². The van der Waals surface area contributed by atoms with Crippen molar-refractivity contribution in [3.8, 4) is 0 Å². The van der Waals surface area contributed by atoms with Crippen molar-refractivity contribution in [2.45, 2.75) is 95.5 Å². The maximum Gasteiger partial charge on any atom is 0.338 e. The average Bonchev–Trinajstić information content (AvgIpc) is 3.21. The van der Waals surface area contributed by atoms with Gasteiger partial charge in [-0.2, -0.15) is 0 Å². The molecular weight excluding hydrogens is 396 g/mol. The van der Waals surface area contributed by atoms with E-state index in [1.165, 1.54) is 59.2 Å². The fourth-order valence-electron chi connectivity index (χ4n) is 4.07. The molecule has 2 rings (SSSR count). The summed E-state index contributed by atoms with van der Waals surface area (Å²) in [6, 6.07) is 9.47. The Balaban J connectivity index is 1.96. The van der Waals surface area contributed by atoms with Gasteiger partial charge in [0.2, 0.25) is 0 Å². The maximum atomic E-state index is 12.3. The minimum atomic E-state index is -1.17. The van der Waals surface area contributed by atoms with Gasteiger partial charge in [0.25, 0.3) is 0 Å². The second kappa shape index (κ2) is 13.5. The lowest BCUT2D eigenvalue weighted by Crippen LogP contribution is -2.38. The molecule has 0 saturated carbocycles. The minimum absolute atomic E-state index is 0.550. The summed E-state index contributed by atoms with van der Waals surface area (Å²) in [4.78, 5) is 24.5. The Morgan fingerprint density at radius 3 is 1.68 bits per heavy atom. The molecule has 1 heterocycles. The zero-order chi connectivity index (χ0) is 22.5. The molecule has 1 aromatic carbocycles. The molecular formula is C25H38O6. The summed E-state index contributed by atoms with van der Waals surface area (Å²) in [7, 11) is 2.54. The van der Waals surface area contributed by atoms with E-state index >= 15 is 0 Å². The van der Waals surface area contributed by atoms with Crippen molar-refractivity contribution in [2.75, 3.05) is 14.2 Å². The predicted molar refractivity (Wildman–Crippen MR) is 118 cm³/mol. The highest BCUT2D eigenvalue weighted by atomic mass is 16.8. The SMILES string of the molecule is CCCCCCCCCCCCC1(c2ccccc2)O[C@@H](C(=O)OC)[C@H](C(=O)OC)O1. The summed E-state index contributed by atoms with van der Waals surface area (Å²) >= 11 is 0. The molecule has 6 nitrogen and oxygen atoms in total. The predicted octanol–water partition coefficient (Wildman–Crippen LogP) is 5.28. The monoisotopic (exact) mass is 434 g/mol. The normalized spacial score (nSPS) is 19.8. The van der Waals surface area contributed by atoms with Gasteiger partial charge >= 0.3 is 11.9 Å². The molecule has 1 saturated heterocycles. The molecule has 31 heavy (non-hydrogen) atoms. The second-order valence-corrected chi connectivity index (χ2v) is 8.17.